The smallest absolute Gasteiger partial charge is 0.329 e. The third-order valence-corrected chi connectivity index (χ3v) is 2.18. The first-order valence-corrected chi connectivity index (χ1v) is 5.95. The molecule has 0 aliphatic heterocycles. The molecule has 0 aliphatic carbocycles. The summed E-state index contributed by atoms with van der Waals surface area (Å²) < 4.78 is 4.72. The number of ether oxygens (including phenoxy) is 1. The highest BCUT2D eigenvalue weighted by Crippen LogP contribution is 2.07. The fourth-order valence-corrected chi connectivity index (χ4v) is 1.39. The van der Waals surface area contributed by atoms with Crippen LogP contribution in [0.25, 0.3) is 0 Å². The molecule has 5 nitrogen and oxygen atoms in total. The Labute approximate surface area is 108 Å². The molecular formula is C13H20N2O3. The van der Waals surface area contributed by atoms with Gasteiger partial charge < -0.3 is 10.1 Å². The molecule has 0 fully saturated rings. The third kappa shape index (κ3) is 7.44. The molecule has 5 heteroatoms. The quantitative estimate of drug-likeness (QED) is 0.525. The van der Waals surface area contributed by atoms with Gasteiger partial charge in [0.1, 0.15) is 12.1 Å². The summed E-state index contributed by atoms with van der Waals surface area (Å²) in [6.45, 7) is 7.12. The number of hydrogen-bond donors (Lipinski definition) is 1. The first kappa shape index (κ1) is 16.2. The number of amides is 1. The Kier molecular flexibility index (Phi) is 8.29. The highest BCUT2D eigenvalue weighted by atomic mass is 16.5. The van der Waals surface area contributed by atoms with Gasteiger partial charge in [-0.2, -0.15) is 5.26 Å². The lowest BCUT2D eigenvalue weighted by Gasteiger charge is -2.18. The average molecular weight is 252 g/mol. The molecule has 0 saturated heterocycles. The van der Waals surface area contributed by atoms with Crippen LogP contribution in [-0.4, -0.2) is 24.5 Å². The van der Waals surface area contributed by atoms with Crippen LogP contribution >= 0.6 is 0 Å². The molecule has 1 amide bonds. The lowest BCUT2D eigenvalue weighted by molar-refractivity contribution is -0.147. The zero-order chi connectivity index (χ0) is 14.0. The summed E-state index contributed by atoms with van der Waals surface area (Å²) in [5.74, 6) is -0.531. The standard InChI is InChI=1S/C13H20N2O3/c1-4-5-6-12(16)15-11(9-10(2)3)13(17)18-8-7-14/h4,10-11H,1,5-6,8-9H2,2-3H3,(H,15,16)/t11-/m0/s1. The highest BCUT2D eigenvalue weighted by Gasteiger charge is 2.22. The number of carbonyl (C=O) groups is 2. The van der Waals surface area contributed by atoms with Crippen LogP contribution in [-0.2, 0) is 14.3 Å². The Morgan fingerprint density at radius 2 is 2.17 bits per heavy atom. The van der Waals surface area contributed by atoms with Gasteiger partial charge in [-0.15, -0.1) is 6.58 Å². The Morgan fingerprint density at radius 1 is 1.50 bits per heavy atom. The van der Waals surface area contributed by atoms with Crippen molar-refractivity contribution in [1.82, 2.24) is 5.32 Å². The fraction of sp³-hybridized carbons (Fsp3) is 0.615. The Bertz CT molecular complexity index is 332. The van der Waals surface area contributed by atoms with Crippen molar-refractivity contribution in [3.63, 3.8) is 0 Å². The molecule has 0 unspecified atom stereocenters. The molecule has 0 radical (unpaired) electrons. The average Bonchev–Trinajstić information content (AvgIpc) is 2.32. The van der Waals surface area contributed by atoms with Crippen LogP contribution in [0.5, 0.6) is 0 Å². The van der Waals surface area contributed by atoms with Crippen molar-refractivity contribution in [2.24, 2.45) is 5.92 Å². The van der Waals surface area contributed by atoms with Gasteiger partial charge in [-0.05, 0) is 18.8 Å². The van der Waals surface area contributed by atoms with Crippen molar-refractivity contribution in [2.45, 2.75) is 39.2 Å². The van der Waals surface area contributed by atoms with E-state index in [0.29, 0.717) is 19.3 Å². The molecule has 0 saturated carbocycles. The number of esters is 1. The second-order valence-electron chi connectivity index (χ2n) is 4.34. The normalized spacial score (nSPS) is 11.4. The molecule has 18 heavy (non-hydrogen) atoms. The summed E-state index contributed by atoms with van der Waals surface area (Å²) in [5.41, 5.74) is 0. The van der Waals surface area contributed by atoms with Crippen molar-refractivity contribution >= 4 is 11.9 Å². The molecule has 0 bridgehead atoms. The third-order valence-electron chi connectivity index (χ3n) is 2.18. The fourth-order valence-electron chi connectivity index (χ4n) is 1.39. The Balaban J connectivity index is 4.38. The molecule has 1 N–H and O–H groups in total. The molecular weight excluding hydrogens is 232 g/mol. The molecule has 0 aliphatic rings. The maximum Gasteiger partial charge on any atom is 0.329 e. The van der Waals surface area contributed by atoms with Crippen LogP contribution in [0.2, 0.25) is 0 Å². The van der Waals surface area contributed by atoms with Crippen LogP contribution in [0.1, 0.15) is 33.1 Å². The Hall–Kier alpha value is -1.83. The van der Waals surface area contributed by atoms with E-state index in [2.05, 4.69) is 11.9 Å². The van der Waals surface area contributed by atoms with Crippen molar-refractivity contribution in [3.05, 3.63) is 12.7 Å². The first-order valence-electron chi connectivity index (χ1n) is 5.95. The molecule has 0 aromatic carbocycles. The SMILES string of the molecule is C=CCCC(=O)N[C@@H](CC(C)C)C(=O)OCC#N. The predicted molar refractivity (Wildman–Crippen MR) is 67.4 cm³/mol. The van der Waals surface area contributed by atoms with Crippen LogP contribution in [0.3, 0.4) is 0 Å². The van der Waals surface area contributed by atoms with E-state index in [1.165, 1.54) is 0 Å². The van der Waals surface area contributed by atoms with E-state index in [1.54, 1.807) is 12.1 Å². The zero-order valence-electron chi connectivity index (χ0n) is 10.9. The number of rotatable bonds is 8. The van der Waals surface area contributed by atoms with Crippen molar-refractivity contribution in [1.29, 1.82) is 5.26 Å². The van der Waals surface area contributed by atoms with E-state index < -0.39 is 12.0 Å². The van der Waals surface area contributed by atoms with Crippen molar-refractivity contribution < 1.29 is 14.3 Å². The first-order chi connectivity index (χ1) is 8.51. The summed E-state index contributed by atoms with van der Waals surface area (Å²) in [7, 11) is 0. The minimum atomic E-state index is -0.685. The van der Waals surface area contributed by atoms with E-state index in [-0.39, 0.29) is 18.4 Å². The summed E-state index contributed by atoms with van der Waals surface area (Å²) in [6.07, 6.45) is 2.99. The largest absolute Gasteiger partial charge is 0.449 e. The topological polar surface area (TPSA) is 79.2 Å². The second kappa shape index (κ2) is 9.23. The van der Waals surface area contributed by atoms with Gasteiger partial charge in [0.2, 0.25) is 5.91 Å². The van der Waals surface area contributed by atoms with Crippen LogP contribution in [0.4, 0.5) is 0 Å². The molecule has 0 spiro atoms. The maximum atomic E-state index is 11.6. The number of carbonyl (C=O) groups excluding carboxylic acids is 2. The lowest BCUT2D eigenvalue weighted by atomic mass is 10.0. The van der Waals surface area contributed by atoms with Gasteiger partial charge in [-0.1, -0.05) is 19.9 Å². The number of nitriles is 1. The number of nitrogens with zero attached hydrogens (tertiary/aromatic N) is 1. The zero-order valence-corrected chi connectivity index (χ0v) is 10.9. The molecule has 0 heterocycles. The molecule has 1 atom stereocenters. The maximum absolute atomic E-state index is 11.6. The van der Waals surface area contributed by atoms with Gasteiger partial charge in [-0.3, -0.25) is 4.79 Å². The Morgan fingerprint density at radius 3 is 2.67 bits per heavy atom. The van der Waals surface area contributed by atoms with Crippen LogP contribution < -0.4 is 5.32 Å². The van der Waals surface area contributed by atoms with Crippen molar-refractivity contribution in [3.8, 4) is 6.07 Å². The van der Waals surface area contributed by atoms with E-state index in [9.17, 15) is 9.59 Å². The molecule has 0 aromatic rings. The van der Waals surface area contributed by atoms with Gasteiger partial charge in [0.05, 0.1) is 0 Å². The summed E-state index contributed by atoms with van der Waals surface area (Å²) in [4.78, 5) is 23.2. The molecule has 100 valence electrons. The van der Waals surface area contributed by atoms with Gasteiger partial charge in [0, 0.05) is 6.42 Å². The second-order valence-corrected chi connectivity index (χ2v) is 4.34. The van der Waals surface area contributed by atoms with E-state index in [0.717, 1.165) is 0 Å². The minimum Gasteiger partial charge on any atom is -0.449 e. The highest BCUT2D eigenvalue weighted by molar-refractivity contribution is 5.84. The van der Waals surface area contributed by atoms with Gasteiger partial charge in [0.25, 0.3) is 0 Å². The van der Waals surface area contributed by atoms with Gasteiger partial charge in [0.15, 0.2) is 6.61 Å². The van der Waals surface area contributed by atoms with Gasteiger partial charge in [-0.25, -0.2) is 4.79 Å². The van der Waals surface area contributed by atoms with E-state index in [4.69, 9.17) is 10.00 Å². The number of hydrogen-bond acceptors (Lipinski definition) is 4. The number of nitrogens with one attached hydrogen (secondary N) is 1. The molecule has 0 rings (SSSR count). The van der Waals surface area contributed by atoms with Crippen molar-refractivity contribution in [2.75, 3.05) is 6.61 Å². The lowest BCUT2D eigenvalue weighted by Crippen LogP contribution is -2.42. The monoisotopic (exact) mass is 252 g/mol. The van der Waals surface area contributed by atoms with Crippen LogP contribution in [0, 0.1) is 17.2 Å². The van der Waals surface area contributed by atoms with E-state index in [1.807, 2.05) is 13.8 Å². The van der Waals surface area contributed by atoms with Crippen LogP contribution in [0.15, 0.2) is 12.7 Å². The predicted octanol–water partition coefficient (Wildman–Crippen LogP) is 1.55. The summed E-state index contributed by atoms with van der Waals surface area (Å²) >= 11 is 0. The van der Waals surface area contributed by atoms with E-state index >= 15 is 0 Å². The minimum absolute atomic E-state index is 0.213. The van der Waals surface area contributed by atoms with Gasteiger partial charge >= 0.3 is 5.97 Å². The summed E-state index contributed by atoms with van der Waals surface area (Å²) in [5, 5.41) is 11.0. The number of allylic oxidation sites excluding steroid dienone is 1. The summed E-state index contributed by atoms with van der Waals surface area (Å²) in [6, 6.07) is 1.04. The molecule has 0 aromatic heterocycles.